The summed E-state index contributed by atoms with van der Waals surface area (Å²) in [6, 6.07) is 10.6. The zero-order chi connectivity index (χ0) is 27.0. The number of rotatable bonds is 7. The van der Waals surface area contributed by atoms with E-state index >= 15 is 0 Å². The maximum atomic E-state index is 13.5. The van der Waals surface area contributed by atoms with Crippen molar-refractivity contribution < 1.29 is 37.7 Å². The van der Waals surface area contributed by atoms with E-state index < -0.39 is 53.9 Å². The topological polar surface area (TPSA) is 129 Å². The average molecular weight is 518 g/mol. The number of carbonyl (C=O) groups is 2. The predicted molar refractivity (Wildman–Crippen MR) is 128 cm³/mol. The molecule has 0 spiro atoms. The van der Waals surface area contributed by atoms with E-state index in [1.807, 2.05) is 0 Å². The van der Waals surface area contributed by atoms with Gasteiger partial charge < -0.3 is 25.3 Å². The number of alkyl halides is 3. The summed E-state index contributed by atoms with van der Waals surface area (Å²) in [5.41, 5.74) is -2.51. The second-order valence-corrected chi connectivity index (χ2v) is 9.37. The van der Waals surface area contributed by atoms with Crippen LogP contribution in [0.4, 0.5) is 13.2 Å². The van der Waals surface area contributed by atoms with Gasteiger partial charge >= 0.3 is 12.1 Å². The Labute approximate surface area is 209 Å². The van der Waals surface area contributed by atoms with Crippen molar-refractivity contribution in [1.29, 1.82) is 0 Å². The molecule has 2 heterocycles. The number of aromatic nitrogens is 1. The minimum absolute atomic E-state index is 0.0245. The van der Waals surface area contributed by atoms with Gasteiger partial charge in [-0.3, -0.25) is 14.4 Å². The molecule has 0 aliphatic carbocycles. The SMILES string of the molecule is CC(CO)(CO)C(=O)OCC1C[C@@H](c2ccc3cc(-c4ccccc4C(F)(F)F)[nH]c(=O)c3c2)C(=O)N1. The van der Waals surface area contributed by atoms with Crippen LogP contribution in [0, 0.1) is 5.41 Å². The van der Waals surface area contributed by atoms with Crippen LogP contribution in [0.5, 0.6) is 0 Å². The van der Waals surface area contributed by atoms with Crippen LogP contribution in [0.15, 0.2) is 53.3 Å². The predicted octanol–water partition coefficient (Wildman–Crippen LogP) is 2.72. The number of aliphatic hydroxyl groups excluding tert-OH is 2. The van der Waals surface area contributed by atoms with Gasteiger partial charge in [0.2, 0.25) is 5.91 Å². The van der Waals surface area contributed by atoms with E-state index in [0.29, 0.717) is 10.9 Å². The van der Waals surface area contributed by atoms with Gasteiger partial charge in [-0.15, -0.1) is 0 Å². The number of aliphatic hydroxyl groups is 2. The first-order valence-corrected chi connectivity index (χ1v) is 11.5. The van der Waals surface area contributed by atoms with E-state index in [4.69, 9.17) is 4.74 Å². The molecule has 0 saturated carbocycles. The van der Waals surface area contributed by atoms with Gasteiger partial charge in [-0.25, -0.2) is 0 Å². The van der Waals surface area contributed by atoms with E-state index in [1.54, 1.807) is 12.1 Å². The Bertz CT molecular complexity index is 1400. The van der Waals surface area contributed by atoms with E-state index in [1.165, 1.54) is 37.3 Å². The zero-order valence-electron chi connectivity index (χ0n) is 19.8. The van der Waals surface area contributed by atoms with Crippen LogP contribution in [0.1, 0.15) is 30.4 Å². The number of H-pyrrole nitrogens is 1. The first-order chi connectivity index (χ1) is 17.5. The summed E-state index contributed by atoms with van der Waals surface area (Å²) in [6.45, 7) is -0.00778. The molecule has 1 unspecified atom stereocenters. The number of hydrogen-bond donors (Lipinski definition) is 4. The molecule has 11 heteroatoms. The Morgan fingerprint density at radius 2 is 1.78 bits per heavy atom. The van der Waals surface area contributed by atoms with Crippen LogP contribution in [0.25, 0.3) is 22.0 Å². The highest BCUT2D eigenvalue weighted by Gasteiger charge is 2.37. The number of amides is 1. The van der Waals surface area contributed by atoms with Gasteiger partial charge in [0.25, 0.3) is 5.56 Å². The number of hydrogen-bond acceptors (Lipinski definition) is 6. The molecule has 1 amide bonds. The summed E-state index contributed by atoms with van der Waals surface area (Å²) < 4.78 is 45.5. The summed E-state index contributed by atoms with van der Waals surface area (Å²) in [4.78, 5) is 40.1. The van der Waals surface area contributed by atoms with Gasteiger partial charge in [0.1, 0.15) is 12.0 Å². The van der Waals surface area contributed by atoms with Crippen LogP contribution in [0.2, 0.25) is 0 Å². The fourth-order valence-electron chi connectivity index (χ4n) is 4.28. The van der Waals surface area contributed by atoms with Crippen molar-refractivity contribution in [3.63, 3.8) is 0 Å². The van der Waals surface area contributed by atoms with Crippen molar-refractivity contribution in [2.24, 2.45) is 5.41 Å². The molecule has 37 heavy (non-hydrogen) atoms. The number of aromatic amines is 1. The molecule has 1 saturated heterocycles. The number of carbonyl (C=O) groups excluding carboxylic acids is 2. The molecule has 2 atom stereocenters. The van der Waals surface area contributed by atoms with E-state index in [0.717, 1.165) is 6.07 Å². The standard InChI is InChI=1S/C26H25F3N2O6/c1-25(12-32,13-33)24(36)37-11-16-10-19(22(34)30-16)14-6-7-15-9-21(31-23(35)18(15)8-14)17-4-2-3-5-20(17)26(27,28)29/h2-9,16,19,32-33H,10-13H2,1H3,(H,30,34)(H,31,35)/t16?,19-/m0/s1. The van der Waals surface area contributed by atoms with Gasteiger partial charge in [-0.1, -0.05) is 30.3 Å². The van der Waals surface area contributed by atoms with Crippen molar-refractivity contribution in [3.8, 4) is 11.3 Å². The smallest absolute Gasteiger partial charge is 0.417 e. The van der Waals surface area contributed by atoms with Gasteiger partial charge in [-0.2, -0.15) is 13.2 Å². The van der Waals surface area contributed by atoms with Gasteiger partial charge in [-0.05, 0) is 42.5 Å². The monoisotopic (exact) mass is 518 g/mol. The van der Waals surface area contributed by atoms with Crippen molar-refractivity contribution in [2.45, 2.75) is 31.5 Å². The molecule has 1 aliphatic rings. The average Bonchev–Trinajstić information content (AvgIpc) is 3.26. The summed E-state index contributed by atoms with van der Waals surface area (Å²) in [5, 5.41) is 22.0. The van der Waals surface area contributed by atoms with Crippen LogP contribution >= 0.6 is 0 Å². The lowest BCUT2D eigenvalue weighted by Gasteiger charge is -2.23. The van der Waals surface area contributed by atoms with Crippen LogP contribution in [0.3, 0.4) is 0 Å². The molecule has 1 aliphatic heterocycles. The Balaban J connectivity index is 1.56. The first kappa shape index (κ1) is 26.4. The zero-order valence-corrected chi connectivity index (χ0v) is 19.8. The lowest BCUT2D eigenvalue weighted by molar-refractivity contribution is -0.160. The van der Waals surface area contributed by atoms with Crippen molar-refractivity contribution >= 4 is 22.6 Å². The number of ether oxygens (including phenoxy) is 1. The number of fused-ring (bicyclic) bond motifs is 1. The number of esters is 1. The third-order valence-electron chi connectivity index (χ3n) is 6.58. The third kappa shape index (κ3) is 5.23. The molecule has 1 aromatic heterocycles. The third-order valence-corrected chi connectivity index (χ3v) is 6.58. The lowest BCUT2D eigenvalue weighted by Crippen LogP contribution is -2.39. The normalized spacial score (nSPS) is 18.2. The molecule has 2 aromatic carbocycles. The fourth-order valence-corrected chi connectivity index (χ4v) is 4.28. The maximum absolute atomic E-state index is 13.5. The maximum Gasteiger partial charge on any atom is 0.417 e. The van der Waals surface area contributed by atoms with Crippen LogP contribution in [-0.4, -0.2) is 52.9 Å². The number of benzene rings is 2. The highest BCUT2D eigenvalue weighted by atomic mass is 19.4. The molecule has 4 rings (SSSR count). The lowest BCUT2D eigenvalue weighted by atomic mass is 9.93. The Kier molecular flexibility index (Phi) is 7.11. The molecular weight excluding hydrogens is 493 g/mol. The molecule has 3 aromatic rings. The number of nitrogens with one attached hydrogen (secondary N) is 2. The second-order valence-electron chi connectivity index (χ2n) is 9.37. The minimum atomic E-state index is -4.60. The Hall–Kier alpha value is -3.70. The van der Waals surface area contributed by atoms with Crippen molar-refractivity contribution in [3.05, 3.63) is 70.0 Å². The quantitative estimate of drug-likeness (QED) is 0.356. The fraction of sp³-hybridized carbons (Fsp3) is 0.346. The van der Waals surface area contributed by atoms with Gasteiger partial charge in [0, 0.05) is 16.6 Å². The number of halogens is 3. The molecule has 0 radical (unpaired) electrons. The summed E-state index contributed by atoms with van der Waals surface area (Å²) in [5.74, 6) is -1.77. The molecule has 1 fully saturated rings. The molecule has 196 valence electrons. The molecule has 0 bridgehead atoms. The van der Waals surface area contributed by atoms with Crippen molar-refractivity contribution in [1.82, 2.24) is 10.3 Å². The Morgan fingerprint density at radius 1 is 1.08 bits per heavy atom. The summed E-state index contributed by atoms with van der Waals surface area (Å²) in [6.07, 6.45) is -4.33. The second kappa shape index (κ2) is 9.98. The molecule has 8 nitrogen and oxygen atoms in total. The summed E-state index contributed by atoms with van der Waals surface area (Å²) >= 11 is 0. The minimum Gasteiger partial charge on any atom is -0.463 e. The van der Waals surface area contributed by atoms with Gasteiger partial charge in [0.05, 0.1) is 30.7 Å². The molecular formula is C26H25F3N2O6. The highest BCUT2D eigenvalue weighted by molar-refractivity contribution is 5.90. The van der Waals surface area contributed by atoms with Crippen molar-refractivity contribution in [2.75, 3.05) is 19.8 Å². The van der Waals surface area contributed by atoms with E-state index in [2.05, 4.69) is 10.3 Å². The summed E-state index contributed by atoms with van der Waals surface area (Å²) in [7, 11) is 0. The Morgan fingerprint density at radius 3 is 2.46 bits per heavy atom. The van der Waals surface area contributed by atoms with Crippen LogP contribution in [-0.2, 0) is 20.5 Å². The first-order valence-electron chi connectivity index (χ1n) is 11.5. The van der Waals surface area contributed by atoms with Crippen LogP contribution < -0.4 is 10.9 Å². The molecule has 4 N–H and O–H groups in total. The van der Waals surface area contributed by atoms with E-state index in [9.17, 15) is 37.8 Å². The number of pyridine rings is 1. The highest BCUT2D eigenvalue weighted by Crippen LogP contribution is 2.37. The van der Waals surface area contributed by atoms with E-state index in [-0.39, 0.29) is 35.6 Å². The van der Waals surface area contributed by atoms with Gasteiger partial charge in [0.15, 0.2) is 0 Å². The largest absolute Gasteiger partial charge is 0.463 e.